The Morgan fingerprint density at radius 2 is 1.43 bits per heavy atom. The molecule has 49 heavy (non-hydrogen) atoms. The third-order valence-electron chi connectivity index (χ3n) is 8.49. The van der Waals surface area contributed by atoms with Crippen molar-refractivity contribution in [1.29, 1.82) is 0 Å². The molecule has 1 N–H and O–H groups in total. The minimum absolute atomic E-state index is 0.0210. The third kappa shape index (κ3) is 9.22. The molecule has 4 aromatic carbocycles. The van der Waals surface area contributed by atoms with E-state index in [1.165, 1.54) is 4.90 Å². The van der Waals surface area contributed by atoms with Gasteiger partial charge < -0.3 is 19.5 Å². The number of methoxy groups -OCH3 is 1. The van der Waals surface area contributed by atoms with Gasteiger partial charge in [-0.05, 0) is 80.3 Å². The number of anilines is 1. The third-order valence-corrected chi connectivity index (χ3v) is 8.49. The molecule has 2 unspecified atom stereocenters. The highest BCUT2D eigenvalue weighted by Crippen LogP contribution is 2.33. The van der Waals surface area contributed by atoms with E-state index in [1.54, 1.807) is 57.0 Å². The van der Waals surface area contributed by atoms with E-state index in [4.69, 9.17) is 9.47 Å². The topological polar surface area (TPSA) is 82.6 Å². The van der Waals surface area contributed by atoms with Gasteiger partial charge in [-0.25, -0.2) is 13.6 Å². The van der Waals surface area contributed by atoms with E-state index in [1.807, 2.05) is 65.6 Å². The molecule has 1 aliphatic rings. The largest absolute Gasteiger partial charge is 0.497 e. The first-order valence-corrected chi connectivity index (χ1v) is 16.3. The van der Waals surface area contributed by atoms with Crippen molar-refractivity contribution in [3.63, 3.8) is 0 Å². The fourth-order valence-corrected chi connectivity index (χ4v) is 6.17. The van der Waals surface area contributed by atoms with Crippen molar-refractivity contribution in [2.45, 2.75) is 64.1 Å². The summed E-state index contributed by atoms with van der Waals surface area (Å²) in [6.45, 7) is 6.30. The predicted molar refractivity (Wildman–Crippen MR) is 184 cm³/mol. The van der Waals surface area contributed by atoms with Crippen LogP contribution in [0.15, 0.2) is 103 Å². The highest BCUT2D eigenvalue weighted by atomic mass is 19.1. The summed E-state index contributed by atoms with van der Waals surface area (Å²) < 4.78 is 40.2. The Bertz CT molecular complexity index is 1640. The molecular formula is C39H43F2N3O5. The fraction of sp³-hybridized carbons (Fsp3) is 0.333. The summed E-state index contributed by atoms with van der Waals surface area (Å²) in [6.07, 6.45) is -2.17. The van der Waals surface area contributed by atoms with Crippen molar-refractivity contribution < 1.29 is 33.0 Å². The molecule has 0 spiro atoms. The standard InChI is InChI=1S/C39H43F2N3O5/c1-39(2,3)49-38(47)44-20-19-43(32-15-17-33(48-4)18-16-32)37(46)35(44)24-34(36(45)29-21-30(40)23-31(41)22-29)42(25-27-11-7-5-8-12-27)26-28-13-9-6-10-14-28/h5-18,21-23,34-36,45H,19-20,24-26H2,1-4H3/t34?,35-,36?/m0/s1. The first-order chi connectivity index (χ1) is 23.4. The first-order valence-electron chi connectivity index (χ1n) is 16.3. The Morgan fingerprint density at radius 3 is 1.94 bits per heavy atom. The number of aliphatic hydroxyl groups is 1. The van der Waals surface area contributed by atoms with Crippen LogP contribution in [0.3, 0.4) is 0 Å². The number of ether oxygens (including phenoxy) is 2. The molecular weight excluding hydrogens is 628 g/mol. The molecule has 0 aromatic heterocycles. The van der Waals surface area contributed by atoms with Gasteiger partial charge in [-0.3, -0.25) is 14.6 Å². The monoisotopic (exact) mass is 671 g/mol. The van der Waals surface area contributed by atoms with E-state index >= 15 is 0 Å². The smallest absolute Gasteiger partial charge is 0.411 e. The maximum atomic E-state index is 14.6. The second-order valence-electron chi connectivity index (χ2n) is 13.2. The summed E-state index contributed by atoms with van der Waals surface area (Å²) in [6, 6.07) is 27.3. The molecule has 3 atom stereocenters. The van der Waals surface area contributed by atoms with Gasteiger partial charge >= 0.3 is 6.09 Å². The summed E-state index contributed by atoms with van der Waals surface area (Å²) in [5.74, 6) is -1.41. The van der Waals surface area contributed by atoms with E-state index in [2.05, 4.69) is 0 Å². The lowest BCUT2D eigenvalue weighted by Crippen LogP contribution is -2.61. The number of amides is 2. The van der Waals surface area contributed by atoms with E-state index in [-0.39, 0.29) is 31.0 Å². The number of halogens is 2. The lowest BCUT2D eigenvalue weighted by atomic mass is 9.91. The lowest BCUT2D eigenvalue weighted by molar-refractivity contribution is -0.127. The van der Waals surface area contributed by atoms with Crippen LogP contribution in [0.2, 0.25) is 0 Å². The Balaban J connectivity index is 1.60. The molecule has 1 saturated heterocycles. The number of carbonyl (C=O) groups is 2. The van der Waals surface area contributed by atoms with Crippen LogP contribution in [0.25, 0.3) is 0 Å². The van der Waals surface area contributed by atoms with Gasteiger partial charge in [0.2, 0.25) is 5.91 Å². The Hall–Kier alpha value is -4.80. The van der Waals surface area contributed by atoms with E-state index in [0.29, 0.717) is 24.5 Å². The van der Waals surface area contributed by atoms with Crippen molar-refractivity contribution >= 4 is 17.7 Å². The van der Waals surface area contributed by atoms with Crippen LogP contribution in [0.1, 0.15) is 50.0 Å². The predicted octanol–water partition coefficient (Wildman–Crippen LogP) is 7.12. The minimum Gasteiger partial charge on any atom is -0.497 e. The van der Waals surface area contributed by atoms with Gasteiger partial charge in [0.15, 0.2) is 0 Å². The number of hydrogen-bond acceptors (Lipinski definition) is 6. The van der Waals surface area contributed by atoms with Gasteiger partial charge in [0.1, 0.15) is 29.0 Å². The quantitative estimate of drug-likeness (QED) is 0.183. The normalized spacial score (nSPS) is 16.4. The van der Waals surface area contributed by atoms with Crippen LogP contribution >= 0.6 is 0 Å². The minimum atomic E-state index is -1.44. The molecule has 0 bridgehead atoms. The zero-order valence-corrected chi connectivity index (χ0v) is 28.3. The molecule has 1 aliphatic heterocycles. The van der Waals surface area contributed by atoms with E-state index in [9.17, 15) is 23.5 Å². The van der Waals surface area contributed by atoms with Crippen LogP contribution in [0.4, 0.5) is 19.3 Å². The van der Waals surface area contributed by atoms with Gasteiger partial charge in [-0.2, -0.15) is 0 Å². The molecule has 5 rings (SSSR count). The number of carbonyl (C=O) groups excluding carboxylic acids is 2. The van der Waals surface area contributed by atoms with Crippen LogP contribution in [-0.4, -0.2) is 64.8 Å². The Morgan fingerprint density at radius 1 is 0.878 bits per heavy atom. The van der Waals surface area contributed by atoms with Gasteiger partial charge in [0, 0.05) is 44.0 Å². The molecule has 0 radical (unpaired) electrons. The van der Waals surface area contributed by atoms with Crippen molar-refractivity contribution in [2.24, 2.45) is 0 Å². The zero-order chi connectivity index (χ0) is 35.1. The molecule has 258 valence electrons. The maximum absolute atomic E-state index is 14.6. The van der Waals surface area contributed by atoms with Gasteiger partial charge in [-0.15, -0.1) is 0 Å². The number of piperazine rings is 1. The maximum Gasteiger partial charge on any atom is 0.411 e. The second-order valence-corrected chi connectivity index (χ2v) is 13.2. The lowest BCUT2D eigenvalue weighted by Gasteiger charge is -2.44. The molecule has 4 aromatic rings. The summed E-state index contributed by atoms with van der Waals surface area (Å²) in [5, 5.41) is 12.1. The second kappa shape index (κ2) is 15.6. The molecule has 1 fully saturated rings. The number of benzene rings is 4. The number of rotatable bonds is 11. The Labute approximate surface area is 286 Å². The average molecular weight is 672 g/mol. The average Bonchev–Trinajstić information content (AvgIpc) is 3.07. The molecule has 0 saturated carbocycles. The molecule has 0 aliphatic carbocycles. The van der Waals surface area contributed by atoms with Crippen molar-refractivity contribution in [3.05, 3.63) is 131 Å². The number of aliphatic hydroxyl groups excluding tert-OH is 1. The fourth-order valence-electron chi connectivity index (χ4n) is 6.17. The number of nitrogens with zero attached hydrogens (tertiary/aromatic N) is 3. The van der Waals surface area contributed by atoms with Gasteiger partial charge in [0.05, 0.1) is 13.2 Å². The zero-order valence-electron chi connectivity index (χ0n) is 28.3. The van der Waals surface area contributed by atoms with E-state index < -0.39 is 41.5 Å². The summed E-state index contributed by atoms with van der Waals surface area (Å²) in [7, 11) is 1.56. The molecule has 10 heteroatoms. The summed E-state index contributed by atoms with van der Waals surface area (Å²) in [4.78, 5) is 33.2. The molecule has 1 heterocycles. The summed E-state index contributed by atoms with van der Waals surface area (Å²) in [5.41, 5.74) is 1.67. The van der Waals surface area contributed by atoms with Crippen LogP contribution < -0.4 is 9.64 Å². The Kier molecular flexibility index (Phi) is 11.3. The SMILES string of the molecule is COc1ccc(N2CCN(C(=O)OC(C)(C)C)[C@@H](CC(C(O)c3cc(F)cc(F)c3)N(Cc3ccccc3)Cc3ccccc3)C2=O)cc1. The van der Waals surface area contributed by atoms with E-state index in [0.717, 1.165) is 29.3 Å². The highest BCUT2D eigenvalue weighted by molar-refractivity contribution is 6.00. The van der Waals surface area contributed by atoms with Crippen molar-refractivity contribution in [1.82, 2.24) is 9.80 Å². The number of hydrogen-bond donors (Lipinski definition) is 1. The summed E-state index contributed by atoms with van der Waals surface area (Å²) >= 11 is 0. The van der Waals surface area contributed by atoms with Crippen LogP contribution in [0, 0.1) is 11.6 Å². The van der Waals surface area contributed by atoms with Crippen LogP contribution in [0.5, 0.6) is 5.75 Å². The van der Waals surface area contributed by atoms with Gasteiger partial charge in [-0.1, -0.05) is 60.7 Å². The molecule has 8 nitrogen and oxygen atoms in total. The first kappa shape index (κ1) is 35.5. The van der Waals surface area contributed by atoms with Crippen molar-refractivity contribution in [2.75, 3.05) is 25.1 Å². The molecule has 2 amide bonds. The van der Waals surface area contributed by atoms with Crippen molar-refractivity contribution in [3.8, 4) is 5.75 Å². The highest BCUT2D eigenvalue weighted by Gasteiger charge is 2.43. The van der Waals surface area contributed by atoms with Gasteiger partial charge in [0.25, 0.3) is 0 Å². The van der Waals surface area contributed by atoms with Crippen LogP contribution in [-0.2, 0) is 22.6 Å².